The van der Waals surface area contributed by atoms with E-state index < -0.39 is 0 Å². The number of carbonyl (C=O) groups excluding carboxylic acids is 1. The van der Waals surface area contributed by atoms with Crippen LogP contribution in [0.4, 0.5) is 0 Å². The predicted octanol–water partition coefficient (Wildman–Crippen LogP) is 7.92. The van der Waals surface area contributed by atoms with E-state index in [0.29, 0.717) is 27.6 Å². The van der Waals surface area contributed by atoms with Gasteiger partial charge in [-0.05, 0) is 115 Å². The molecule has 0 radical (unpaired) electrons. The first-order valence-corrected chi connectivity index (χ1v) is 13.6. The Bertz CT molecular complexity index is 698. The van der Waals surface area contributed by atoms with Gasteiger partial charge in [-0.25, -0.2) is 0 Å². The van der Waals surface area contributed by atoms with E-state index in [9.17, 15) is 4.79 Å². The zero-order valence-corrected chi connectivity index (χ0v) is 20.8. The summed E-state index contributed by atoms with van der Waals surface area (Å²) in [4.78, 5) is 11.8. The maximum absolute atomic E-state index is 11.8. The molecule has 0 N–H and O–H groups in total. The second kappa shape index (κ2) is 6.84. The number of fused-ring (bicyclic) bond motifs is 7. The fourth-order valence-electron chi connectivity index (χ4n) is 11.4. The van der Waals surface area contributed by atoms with Crippen LogP contribution >= 0.6 is 0 Å². The maximum atomic E-state index is 11.8. The van der Waals surface area contributed by atoms with Gasteiger partial charge in [0.1, 0.15) is 6.29 Å². The standard InChI is InChI=1S/C29H48O/c1-19-8-7-13-27(4)22(19)12-15-29(6)24(27)10-9-23-25-21(20(2)18-30)11-14-26(25,3)16-17-28(23,29)5/h18-25H,7-17H2,1-6H3/t19?,20-,21?,22?,23?,24?,25?,26?,27?,28-,29?/m1/s1. The van der Waals surface area contributed by atoms with Gasteiger partial charge in [-0.1, -0.05) is 54.4 Å². The van der Waals surface area contributed by atoms with Crippen LogP contribution in [0.1, 0.15) is 112 Å². The van der Waals surface area contributed by atoms with Crippen LogP contribution in [0.5, 0.6) is 0 Å². The smallest absolute Gasteiger partial charge is 0.123 e. The van der Waals surface area contributed by atoms with Crippen molar-refractivity contribution in [3.63, 3.8) is 0 Å². The third-order valence-electron chi connectivity index (χ3n) is 13.2. The van der Waals surface area contributed by atoms with Crippen molar-refractivity contribution in [2.24, 2.45) is 63.1 Å². The van der Waals surface area contributed by atoms with Crippen molar-refractivity contribution in [2.45, 2.75) is 112 Å². The fourth-order valence-corrected chi connectivity index (χ4v) is 11.4. The summed E-state index contributed by atoms with van der Waals surface area (Å²) in [6.07, 6.45) is 17.0. The van der Waals surface area contributed by atoms with Gasteiger partial charge in [-0.3, -0.25) is 0 Å². The van der Waals surface area contributed by atoms with Gasteiger partial charge in [0.2, 0.25) is 0 Å². The Hall–Kier alpha value is -0.330. The molecular weight excluding hydrogens is 364 g/mol. The molecule has 1 nitrogen and oxygen atoms in total. The third kappa shape index (κ3) is 2.56. The van der Waals surface area contributed by atoms with E-state index in [4.69, 9.17) is 0 Å². The first kappa shape index (κ1) is 21.5. The van der Waals surface area contributed by atoms with Gasteiger partial charge in [0.15, 0.2) is 0 Å². The van der Waals surface area contributed by atoms with Crippen molar-refractivity contribution in [3.8, 4) is 0 Å². The van der Waals surface area contributed by atoms with E-state index in [1.807, 2.05) is 0 Å². The molecule has 0 bridgehead atoms. The molecule has 0 saturated heterocycles. The molecular formula is C29H48O. The first-order valence-electron chi connectivity index (χ1n) is 13.6. The summed E-state index contributed by atoms with van der Waals surface area (Å²) in [5, 5.41) is 0. The van der Waals surface area contributed by atoms with Crippen LogP contribution in [0.15, 0.2) is 0 Å². The monoisotopic (exact) mass is 412 g/mol. The van der Waals surface area contributed by atoms with E-state index in [1.165, 1.54) is 76.9 Å². The minimum Gasteiger partial charge on any atom is -0.303 e. The largest absolute Gasteiger partial charge is 0.303 e. The zero-order chi connectivity index (χ0) is 21.5. The zero-order valence-electron chi connectivity index (χ0n) is 20.8. The second-order valence-corrected chi connectivity index (χ2v) is 14.0. The summed E-state index contributed by atoms with van der Waals surface area (Å²) in [6.45, 7) is 15.6. The van der Waals surface area contributed by atoms with E-state index >= 15 is 0 Å². The van der Waals surface area contributed by atoms with Crippen molar-refractivity contribution in [1.82, 2.24) is 0 Å². The van der Waals surface area contributed by atoms with Crippen LogP contribution in [0, 0.1) is 63.1 Å². The highest BCUT2D eigenvalue weighted by atomic mass is 16.1. The Balaban J connectivity index is 1.53. The van der Waals surface area contributed by atoms with Crippen molar-refractivity contribution < 1.29 is 4.79 Å². The van der Waals surface area contributed by atoms with Crippen LogP contribution in [-0.4, -0.2) is 6.29 Å². The molecule has 0 aromatic rings. The highest BCUT2D eigenvalue weighted by Gasteiger charge is 2.69. The minimum absolute atomic E-state index is 0.247. The summed E-state index contributed by atoms with van der Waals surface area (Å²) in [7, 11) is 0. The Morgan fingerprint density at radius 1 is 0.800 bits per heavy atom. The van der Waals surface area contributed by atoms with Gasteiger partial charge in [0.25, 0.3) is 0 Å². The minimum atomic E-state index is 0.247. The Labute approximate surface area is 186 Å². The number of hydrogen-bond acceptors (Lipinski definition) is 1. The van der Waals surface area contributed by atoms with Gasteiger partial charge in [0, 0.05) is 5.92 Å². The third-order valence-corrected chi connectivity index (χ3v) is 13.2. The molecule has 0 aromatic carbocycles. The summed E-state index contributed by atoms with van der Waals surface area (Å²) < 4.78 is 0. The average molecular weight is 413 g/mol. The normalized spacial score (nSPS) is 58.7. The highest BCUT2D eigenvalue weighted by molar-refractivity contribution is 5.53. The molecule has 30 heavy (non-hydrogen) atoms. The van der Waals surface area contributed by atoms with Crippen molar-refractivity contribution in [2.75, 3.05) is 0 Å². The van der Waals surface area contributed by atoms with Crippen LogP contribution in [0.2, 0.25) is 0 Å². The maximum Gasteiger partial charge on any atom is 0.123 e. The van der Waals surface area contributed by atoms with E-state index in [0.717, 1.165) is 29.6 Å². The Morgan fingerprint density at radius 2 is 1.57 bits per heavy atom. The van der Waals surface area contributed by atoms with Crippen LogP contribution in [-0.2, 0) is 4.79 Å². The molecule has 170 valence electrons. The van der Waals surface area contributed by atoms with Gasteiger partial charge in [-0.2, -0.15) is 0 Å². The highest BCUT2D eigenvalue weighted by Crippen LogP contribution is 2.76. The molecule has 0 aliphatic heterocycles. The number of hydrogen-bond donors (Lipinski definition) is 0. The lowest BCUT2D eigenvalue weighted by Crippen LogP contribution is -2.64. The van der Waals surface area contributed by atoms with Crippen molar-refractivity contribution in [3.05, 3.63) is 0 Å². The summed E-state index contributed by atoms with van der Waals surface area (Å²) in [6, 6.07) is 0. The molecule has 9 unspecified atom stereocenters. The molecule has 1 heteroatoms. The Kier molecular flexibility index (Phi) is 4.90. The van der Waals surface area contributed by atoms with Crippen LogP contribution in [0.25, 0.3) is 0 Å². The van der Waals surface area contributed by atoms with E-state index in [2.05, 4.69) is 41.5 Å². The second-order valence-electron chi connectivity index (χ2n) is 14.0. The molecule has 5 rings (SSSR count). The molecule has 5 saturated carbocycles. The van der Waals surface area contributed by atoms with Crippen LogP contribution < -0.4 is 0 Å². The molecule has 5 aliphatic rings. The van der Waals surface area contributed by atoms with Crippen LogP contribution in [0.3, 0.4) is 0 Å². The lowest BCUT2D eigenvalue weighted by Gasteiger charge is -2.71. The molecule has 0 aromatic heterocycles. The molecule has 5 fully saturated rings. The molecule has 5 aliphatic carbocycles. The summed E-state index contributed by atoms with van der Waals surface area (Å²) in [5.41, 5.74) is 2.04. The average Bonchev–Trinajstić information content (AvgIpc) is 3.05. The van der Waals surface area contributed by atoms with E-state index in [-0.39, 0.29) is 5.92 Å². The summed E-state index contributed by atoms with van der Waals surface area (Å²) in [5.74, 6) is 5.32. The number of rotatable bonds is 2. The number of carbonyl (C=O) groups is 1. The molecule has 0 amide bonds. The van der Waals surface area contributed by atoms with Gasteiger partial charge in [0.05, 0.1) is 0 Å². The lowest BCUT2D eigenvalue weighted by molar-refractivity contribution is -0.228. The molecule has 0 heterocycles. The molecule has 0 spiro atoms. The van der Waals surface area contributed by atoms with Gasteiger partial charge >= 0.3 is 0 Å². The van der Waals surface area contributed by atoms with Gasteiger partial charge in [-0.15, -0.1) is 0 Å². The van der Waals surface area contributed by atoms with Crippen molar-refractivity contribution >= 4 is 6.29 Å². The quantitative estimate of drug-likeness (QED) is 0.421. The predicted molar refractivity (Wildman–Crippen MR) is 125 cm³/mol. The first-order chi connectivity index (χ1) is 14.1. The lowest BCUT2D eigenvalue weighted by atomic mass is 9.33. The SMILES string of the molecule is CC1CCCC2(C)C1CCC1(C)C2CCC2C3C([C@H](C)C=O)CCC3(C)CC[C@]21C. The Morgan fingerprint density at radius 3 is 2.30 bits per heavy atom. The topological polar surface area (TPSA) is 17.1 Å². The van der Waals surface area contributed by atoms with Gasteiger partial charge < -0.3 is 4.79 Å². The van der Waals surface area contributed by atoms with E-state index in [1.54, 1.807) is 0 Å². The molecule has 11 atom stereocenters. The summed E-state index contributed by atoms with van der Waals surface area (Å²) >= 11 is 0. The van der Waals surface area contributed by atoms with Crippen molar-refractivity contribution in [1.29, 1.82) is 0 Å². The number of aldehydes is 1. The fraction of sp³-hybridized carbons (Fsp3) is 0.966.